The van der Waals surface area contributed by atoms with Gasteiger partial charge >= 0.3 is 0 Å². The summed E-state index contributed by atoms with van der Waals surface area (Å²) in [5.74, 6) is 0.443. The van der Waals surface area contributed by atoms with E-state index in [1.165, 1.54) is 13.0 Å². The molecule has 0 fully saturated rings. The van der Waals surface area contributed by atoms with Gasteiger partial charge in [-0.25, -0.2) is 0 Å². The normalized spacial score (nSPS) is 10.9. The SMILES string of the molecule is CCO/C(=C/C(C)=O)Nc1ccccc1. The third-order valence-corrected chi connectivity index (χ3v) is 1.68. The molecule has 0 radical (unpaired) electrons. The summed E-state index contributed by atoms with van der Waals surface area (Å²) < 4.78 is 5.29. The van der Waals surface area contributed by atoms with Crippen LogP contribution < -0.4 is 5.32 Å². The summed E-state index contributed by atoms with van der Waals surface area (Å²) in [6.45, 7) is 3.89. The van der Waals surface area contributed by atoms with E-state index in [2.05, 4.69) is 5.32 Å². The molecule has 1 rings (SSSR count). The lowest BCUT2D eigenvalue weighted by Gasteiger charge is -2.10. The van der Waals surface area contributed by atoms with Gasteiger partial charge in [0.1, 0.15) is 0 Å². The van der Waals surface area contributed by atoms with Crippen molar-refractivity contribution < 1.29 is 9.53 Å². The van der Waals surface area contributed by atoms with Crippen LogP contribution in [-0.4, -0.2) is 12.4 Å². The zero-order valence-electron chi connectivity index (χ0n) is 8.99. The van der Waals surface area contributed by atoms with Crippen molar-refractivity contribution in [3.63, 3.8) is 0 Å². The molecule has 0 aliphatic rings. The van der Waals surface area contributed by atoms with Crippen molar-refractivity contribution in [3.05, 3.63) is 42.3 Å². The number of ether oxygens (including phenoxy) is 1. The topological polar surface area (TPSA) is 38.3 Å². The molecule has 0 aliphatic heterocycles. The van der Waals surface area contributed by atoms with E-state index in [0.29, 0.717) is 12.5 Å². The monoisotopic (exact) mass is 205 g/mol. The van der Waals surface area contributed by atoms with Gasteiger partial charge in [-0.15, -0.1) is 0 Å². The lowest BCUT2D eigenvalue weighted by atomic mass is 10.3. The van der Waals surface area contributed by atoms with E-state index in [4.69, 9.17) is 4.74 Å². The summed E-state index contributed by atoms with van der Waals surface area (Å²) in [6.07, 6.45) is 1.44. The fourth-order valence-electron chi connectivity index (χ4n) is 1.12. The Morgan fingerprint density at radius 3 is 2.60 bits per heavy atom. The van der Waals surface area contributed by atoms with Gasteiger partial charge in [0.25, 0.3) is 0 Å². The maximum atomic E-state index is 10.9. The number of ketones is 1. The van der Waals surface area contributed by atoms with Gasteiger partial charge < -0.3 is 10.1 Å². The molecule has 0 aliphatic carbocycles. The summed E-state index contributed by atoms with van der Waals surface area (Å²) in [4.78, 5) is 10.9. The van der Waals surface area contributed by atoms with E-state index >= 15 is 0 Å². The van der Waals surface area contributed by atoms with Crippen LogP contribution in [0.5, 0.6) is 0 Å². The fourth-order valence-corrected chi connectivity index (χ4v) is 1.12. The number of rotatable bonds is 5. The number of para-hydroxylation sites is 1. The van der Waals surface area contributed by atoms with Crippen LogP contribution >= 0.6 is 0 Å². The Bertz CT molecular complexity index is 344. The average Bonchev–Trinajstić information content (AvgIpc) is 2.18. The molecule has 3 nitrogen and oxygen atoms in total. The zero-order valence-corrected chi connectivity index (χ0v) is 8.99. The van der Waals surface area contributed by atoms with Crippen molar-refractivity contribution in [2.45, 2.75) is 13.8 Å². The number of hydrogen-bond donors (Lipinski definition) is 1. The molecule has 0 aromatic heterocycles. The van der Waals surface area contributed by atoms with Gasteiger partial charge in [-0.1, -0.05) is 18.2 Å². The molecule has 0 spiro atoms. The van der Waals surface area contributed by atoms with Crippen LogP contribution in [0.3, 0.4) is 0 Å². The summed E-state index contributed by atoms with van der Waals surface area (Å²) in [5, 5.41) is 3.03. The molecule has 0 saturated heterocycles. The predicted octanol–water partition coefficient (Wildman–Crippen LogP) is 2.57. The van der Waals surface area contributed by atoms with E-state index in [-0.39, 0.29) is 5.78 Å². The molecular weight excluding hydrogens is 190 g/mol. The Morgan fingerprint density at radius 1 is 1.40 bits per heavy atom. The number of carbonyl (C=O) groups is 1. The minimum atomic E-state index is -0.0399. The van der Waals surface area contributed by atoms with E-state index in [0.717, 1.165) is 5.69 Å². The predicted molar refractivity (Wildman–Crippen MR) is 60.5 cm³/mol. The Hall–Kier alpha value is -1.77. The third-order valence-electron chi connectivity index (χ3n) is 1.68. The number of hydrogen-bond acceptors (Lipinski definition) is 3. The number of nitrogens with one attached hydrogen (secondary N) is 1. The maximum Gasteiger partial charge on any atom is 0.194 e. The minimum Gasteiger partial charge on any atom is -0.479 e. The summed E-state index contributed by atoms with van der Waals surface area (Å²) in [7, 11) is 0. The molecule has 0 amide bonds. The van der Waals surface area contributed by atoms with E-state index in [9.17, 15) is 4.79 Å². The molecule has 1 N–H and O–H groups in total. The molecule has 1 aromatic rings. The minimum absolute atomic E-state index is 0.0399. The lowest BCUT2D eigenvalue weighted by Crippen LogP contribution is -2.05. The van der Waals surface area contributed by atoms with E-state index in [1.54, 1.807) is 0 Å². The Kier molecular flexibility index (Phi) is 4.41. The highest BCUT2D eigenvalue weighted by Crippen LogP contribution is 2.09. The second-order valence-corrected chi connectivity index (χ2v) is 3.04. The summed E-state index contributed by atoms with van der Waals surface area (Å²) in [5.41, 5.74) is 0.901. The number of allylic oxidation sites excluding steroid dienone is 1. The Labute approximate surface area is 89.8 Å². The van der Waals surface area contributed by atoms with Crippen molar-refractivity contribution in [2.24, 2.45) is 0 Å². The van der Waals surface area contributed by atoms with Crippen LogP contribution in [0.4, 0.5) is 5.69 Å². The van der Waals surface area contributed by atoms with Crippen molar-refractivity contribution in [1.82, 2.24) is 0 Å². The fraction of sp³-hybridized carbons (Fsp3) is 0.250. The molecular formula is C12H15NO2. The van der Waals surface area contributed by atoms with Gasteiger partial charge in [0, 0.05) is 11.8 Å². The van der Waals surface area contributed by atoms with Gasteiger partial charge in [0.15, 0.2) is 11.7 Å². The molecule has 0 atom stereocenters. The van der Waals surface area contributed by atoms with Crippen molar-refractivity contribution >= 4 is 11.5 Å². The quantitative estimate of drug-likeness (QED) is 0.593. The number of anilines is 1. The van der Waals surface area contributed by atoms with E-state index in [1.807, 2.05) is 37.3 Å². The van der Waals surface area contributed by atoms with Gasteiger partial charge in [-0.05, 0) is 26.0 Å². The third kappa shape index (κ3) is 4.31. The van der Waals surface area contributed by atoms with Crippen molar-refractivity contribution in [1.29, 1.82) is 0 Å². The molecule has 0 unspecified atom stereocenters. The first-order valence-electron chi connectivity index (χ1n) is 4.89. The molecule has 1 aromatic carbocycles. The largest absolute Gasteiger partial charge is 0.479 e. The first-order valence-corrected chi connectivity index (χ1v) is 4.89. The molecule has 0 saturated carbocycles. The molecule has 3 heteroatoms. The Morgan fingerprint density at radius 2 is 2.07 bits per heavy atom. The highest BCUT2D eigenvalue weighted by Gasteiger charge is 1.99. The highest BCUT2D eigenvalue weighted by molar-refractivity contribution is 5.88. The maximum absolute atomic E-state index is 10.9. The van der Waals surface area contributed by atoms with Gasteiger partial charge in [-0.2, -0.15) is 0 Å². The van der Waals surface area contributed by atoms with Crippen LogP contribution in [0.2, 0.25) is 0 Å². The summed E-state index contributed by atoms with van der Waals surface area (Å²) in [6, 6.07) is 9.58. The number of carbonyl (C=O) groups excluding carboxylic acids is 1. The van der Waals surface area contributed by atoms with Gasteiger partial charge in [0.2, 0.25) is 0 Å². The molecule has 80 valence electrons. The molecule has 15 heavy (non-hydrogen) atoms. The standard InChI is InChI=1S/C12H15NO2/c1-3-15-12(9-10(2)14)13-11-7-5-4-6-8-11/h4-9,13H,3H2,1-2H3/b12-9+. The van der Waals surface area contributed by atoms with Crippen LogP contribution in [0.15, 0.2) is 42.3 Å². The number of benzene rings is 1. The highest BCUT2D eigenvalue weighted by atomic mass is 16.5. The first-order chi connectivity index (χ1) is 7.22. The Balaban J connectivity index is 2.71. The molecule has 0 heterocycles. The van der Waals surface area contributed by atoms with Gasteiger partial charge in [-0.3, -0.25) is 4.79 Å². The van der Waals surface area contributed by atoms with Crippen molar-refractivity contribution in [2.75, 3.05) is 11.9 Å². The van der Waals surface area contributed by atoms with E-state index < -0.39 is 0 Å². The lowest BCUT2D eigenvalue weighted by molar-refractivity contribution is -0.112. The van der Waals surface area contributed by atoms with Crippen LogP contribution in [0.25, 0.3) is 0 Å². The zero-order chi connectivity index (χ0) is 11.1. The van der Waals surface area contributed by atoms with Crippen LogP contribution in [0.1, 0.15) is 13.8 Å². The van der Waals surface area contributed by atoms with Crippen LogP contribution in [-0.2, 0) is 9.53 Å². The molecule has 0 bridgehead atoms. The van der Waals surface area contributed by atoms with Crippen LogP contribution in [0, 0.1) is 0 Å². The smallest absolute Gasteiger partial charge is 0.194 e. The van der Waals surface area contributed by atoms with Gasteiger partial charge in [0.05, 0.1) is 6.61 Å². The second-order valence-electron chi connectivity index (χ2n) is 3.04. The second kappa shape index (κ2) is 5.86. The first kappa shape index (κ1) is 11.3. The average molecular weight is 205 g/mol. The summed E-state index contributed by atoms with van der Waals surface area (Å²) >= 11 is 0. The van der Waals surface area contributed by atoms with Crippen molar-refractivity contribution in [3.8, 4) is 0 Å².